The van der Waals surface area contributed by atoms with E-state index in [0.717, 1.165) is 98.7 Å². The maximum absolute atomic E-state index is 14.0. The van der Waals surface area contributed by atoms with Crippen LogP contribution in [0.3, 0.4) is 0 Å². The number of pyridine rings is 1. The highest BCUT2D eigenvalue weighted by Crippen LogP contribution is 2.34. The molecule has 5 heterocycles. The Morgan fingerprint density at radius 2 is 1.55 bits per heavy atom. The first-order valence-electron chi connectivity index (χ1n) is 27.0. The number of nitrogens with zero attached hydrogens (tertiary/aromatic N) is 7. The summed E-state index contributed by atoms with van der Waals surface area (Å²) in [5.41, 5.74) is 10.8. The molecule has 20 heteroatoms. The largest absolute Gasteiger partial charge is 0.490 e. The van der Waals surface area contributed by atoms with Gasteiger partial charge in [-0.1, -0.05) is 109 Å². The number of anilines is 1. The molecule has 76 heavy (non-hydrogen) atoms. The molecule has 1 aromatic carbocycles. The first-order chi connectivity index (χ1) is 36.3. The number of fused-ring (bicyclic) bond motifs is 1. The molecule has 4 aromatic heterocycles. The van der Waals surface area contributed by atoms with Crippen molar-refractivity contribution in [3.8, 4) is 39.5 Å². The fourth-order valence-electron chi connectivity index (χ4n) is 9.26. The first-order valence-corrected chi connectivity index (χ1v) is 27.9. The lowest BCUT2D eigenvalue weighted by molar-refractivity contribution is -0.144. The Bertz CT molecular complexity index is 2760. The molecule has 0 radical (unpaired) electrons. The summed E-state index contributed by atoms with van der Waals surface area (Å²) in [5.74, 6) is 6.06. The molecule has 0 spiro atoms. The van der Waals surface area contributed by atoms with E-state index in [1.807, 2.05) is 69.0 Å². The van der Waals surface area contributed by atoms with Crippen molar-refractivity contribution in [1.29, 1.82) is 0 Å². The van der Waals surface area contributed by atoms with Crippen molar-refractivity contribution in [2.45, 2.75) is 188 Å². The number of thiazole rings is 1. The highest BCUT2D eigenvalue weighted by atomic mass is 32.1. The number of aliphatic hydroxyl groups is 2. The Morgan fingerprint density at radius 1 is 0.895 bits per heavy atom. The maximum atomic E-state index is 14.0. The number of amides is 4. The van der Waals surface area contributed by atoms with Crippen LogP contribution < -0.4 is 26.4 Å². The number of imidazole rings is 1. The fourth-order valence-corrected chi connectivity index (χ4v) is 10.1. The third kappa shape index (κ3) is 17.0. The van der Waals surface area contributed by atoms with E-state index in [0.29, 0.717) is 73.0 Å². The molecule has 0 aliphatic carbocycles. The molecule has 1 fully saturated rings. The number of carbonyl (C=O) groups excluding carboxylic acids is 4. The van der Waals surface area contributed by atoms with Crippen LogP contribution in [0.1, 0.15) is 161 Å². The van der Waals surface area contributed by atoms with E-state index < -0.39 is 29.2 Å². The van der Waals surface area contributed by atoms with Crippen molar-refractivity contribution >= 4 is 51.8 Å². The number of unbranched alkanes of at least 4 members (excludes halogenated alkanes) is 11. The Labute approximate surface area is 450 Å². The molecule has 1 aliphatic rings. The molecule has 19 nitrogen and oxygen atoms in total. The summed E-state index contributed by atoms with van der Waals surface area (Å²) >= 11 is 1.58. The second-order valence-electron chi connectivity index (χ2n) is 21.4. The predicted molar refractivity (Wildman–Crippen MR) is 293 cm³/mol. The smallest absolute Gasteiger partial charge is 0.246 e. The molecular formula is C56H79N11O8S. The number of benzene rings is 1. The molecule has 0 unspecified atom stereocenters. The van der Waals surface area contributed by atoms with Crippen LogP contribution in [0.15, 0.2) is 40.6 Å². The number of nitrogen functional groups attached to an aromatic ring is 1. The van der Waals surface area contributed by atoms with Crippen molar-refractivity contribution in [3.05, 3.63) is 52.9 Å². The van der Waals surface area contributed by atoms with E-state index in [1.165, 1.54) is 4.90 Å². The lowest BCUT2D eigenvalue weighted by atomic mass is 9.85. The molecule has 4 amide bonds. The Balaban J connectivity index is 0.790. The summed E-state index contributed by atoms with van der Waals surface area (Å²) in [5, 5.41) is 37.4. The molecule has 3 atom stereocenters. The van der Waals surface area contributed by atoms with Gasteiger partial charge in [-0.3, -0.25) is 19.2 Å². The number of hydrogen-bond donors (Lipinski definition) is 6. The van der Waals surface area contributed by atoms with Crippen LogP contribution in [-0.2, 0) is 32.3 Å². The van der Waals surface area contributed by atoms with Gasteiger partial charge in [-0.2, -0.15) is 0 Å². The third-order valence-electron chi connectivity index (χ3n) is 13.4. The number of rotatable bonds is 28. The highest BCUT2D eigenvalue weighted by Gasteiger charge is 2.44. The minimum absolute atomic E-state index is 0.0295. The van der Waals surface area contributed by atoms with Gasteiger partial charge in [-0.25, -0.2) is 19.6 Å². The number of nitrogens with one attached hydrogen (secondary N) is 3. The van der Waals surface area contributed by atoms with Gasteiger partial charge < -0.3 is 46.1 Å². The van der Waals surface area contributed by atoms with Crippen molar-refractivity contribution in [3.63, 3.8) is 0 Å². The number of carbonyl (C=O) groups is 4. The van der Waals surface area contributed by atoms with Crippen LogP contribution in [0.5, 0.6) is 5.75 Å². The average molecular weight is 1070 g/mol. The van der Waals surface area contributed by atoms with Crippen LogP contribution >= 0.6 is 11.3 Å². The molecule has 412 valence electrons. The molecule has 1 saturated heterocycles. The van der Waals surface area contributed by atoms with Gasteiger partial charge in [0.15, 0.2) is 23.1 Å². The number of hydrogen-bond acceptors (Lipinski definition) is 15. The zero-order chi connectivity index (χ0) is 54.8. The summed E-state index contributed by atoms with van der Waals surface area (Å²) in [4.78, 5) is 69.2. The molecule has 6 rings (SSSR count). The summed E-state index contributed by atoms with van der Waals surface area (Å²) in [6.07, 6.45) is 14.2. The van der Waals surface area contributed by atoms with E-state index in [2.05, 4.69) is 48.1 Å². The van der Waals surface area contributed by atoms with E-state index >= 15 is 0 Å². The summed E-state index contributed by atoms with van der Waals surface area (Å²) in [7, 11) is 0. The van der Waals surface area contributed by atoms with Crippen molar-refractivity contribution < 1.29 is 38.8 Å². The number of nitrogens with two attached hydrogens (primary N) is 1. The zero-order valence-corrected chi connectivity index (χ0v) is 46.3. The van der Waals surface area contributed by atoms with Gasteiger partial charge in [-0.15, -0.1) is 11.3 Å². The van der Waals surface area contributed by atoms with Gasteiger partial charge in [0, 0.05) is 45.4 Å². The van der Waals surface area contributed by atoms with E-state index in [4.69, 9.17) is 20.1 Å². The van der Waals surface area contributed by atoms with Gasteiger partial charge in [0.25, 0.3) is 0 Å². The third-order valence-corrected chi connectivity index (χ3v) is 14.4. The Hall–Kier alpha value is -6.43. The zero-order valence-electron chi connectivity index (χ0n) is 45.5. The quantitative estimate of drug-likeness (QED) is 0.0206. The maximum Gasteiger partial charge on any atom is 0.246 e. The summed E-state index contributed by atoms with van der Waals surface area (Å²) in [6, 6.07) is 6.24. The van der Waals surface area contributed by atoms with Crippen LogP contribution in [0.2, 0.25) is 0 Å². The van der Waals surface area contributed by atoms with E-state index in [1.54, 1.807) is 31.4 Å². The second-order valence-corrected chi connectivity index (χ2v) is 22.2. The summed E-state index contributed by atoms with van der Waals surface area (Å²) < 4.78 is 13.0. The van der Waals surface area contributed by atoms with Gasteiger partial charge >= 0.3 is 0 Å². The van der Waals surface area contributed by atoms with Gasteiger partial charge in [0.05, 0.1) is 35.0 Å². The Morgan fingerprint density at radius 3 is 2.17 bits per heavy atom. The Kier molecular flexibility index (Phi) is 21.7. The molecule has 7 N–H and O–H groups in total. The van der Waals surface area contributed by atoms with Gasteiger partial charge in [-0.05, 0) is 86.2 Å². The highest BCUT2D eigenvalue weighted by molar-refractivity contribution is 7.13. The van der Waals surface area contributed by atoms with E-state index in [9.17, 15) is 29.4 Å². The SMILES string of the molecule is CCn1c(-c2nonc2N)nc2c(C#CC(C)(C)O)ncc(OCCCCCCCC(=O)NCCCCCCCCCCC(=O)N[C@H](C(=O)N3C[C@H](O)C[C@H]3C(=O)NCc3ccc(-c4scnc4C)cc3)C(C)(C)C)c21. The van der Waals surface area contributed by atoms with Crippen LogP contribution in [0.25, 0.3) is 33.0 Å². The number of aryl methyl sites for hydroxylation is 2. The monoisotopic (exact) mass is 1070 g/mol. The summed E-state index contributed by atoms with van der Waals surface area (Å²) in [6.45, 7) is 14.8. The fraction of sp³-hybridized carbons (Fsp3) is 0.589. The average Bonchev–Trinajstić information content (AvgIpc) is 4.20. The lowest BCUT2D eigenvalue weighted by Crippen LogP contribution is -2.57. The molecule has 1 aliphatic heterocycles. The molecule has 5 aromatic rings. The number of aromatic nitrogens is 6. The minimum Gasteiger partial charge on any atom is -0.490 e. The van der Waals surface area contributed by atoms with Crippen LogP contribution in [0.4, 0.5) is 5.82 Å². The number of ether oxygens (including phenoxy) is 1. The predicted octanol–water partition coefficient (Wildman–Crippen LogP) is 7.79. The van der Waals surface area contributed by atoms with Crippen molar-refractivity contribution in [2.24, 2.45) is 5.41 Å². The molecular weight excluding hydrogens is 987 g/mol. The van der Waals surface area contributed by atoms with Gasteiger partial charge in [0.2, 0.25) is 23.6 Å². The lowest BCUT2D eigenvalue weighted by Gasteiger charge is -2.35. The standard InChI is InChI=1S/C56H79N11O8S/c1-8-66-48-43(34-59-41(28-29-56(6,7)73)46(48)63-52(66)47-51(57)65-75-64-47)74-31-21-17-13-15-18-22-44(69)58-30-20-16-12-10-9-11-14-19-23-45(70)62-50(55(3,4)5)54(72)67-35-40(68)32-42(67)53(71)60-33-38-24-26-39(27-25-38)49-37(2)61-36-76-49/h24-27,34,36,40,42,50,68,73H,8-23,30-33,35H2,1-7H3,(H2,57,65)(H,58,69)(H,60,71)(H,62,70)/t40-,42+,50-/m1/s1. The minimum atomic E-state index is -1.22. The first kappa shape index (κ1) is 58.8. The van der Waals surface area contributed by atoms with Crippen molar-refractivity contribution in [1.82, 2.24) is 50.7 Å². The molecule has 0 bridgehead atoms. The van der Waals surface area contributed by atoms with E-state index in [-0.39, 0.29) is 49.0 Å². The van der Waals surface area contributed by atoms with Gasteiger partial charge in [0.1, 0.15) is 34.4 Å². The topological polar surface area (TPSA) is 266 Å². The van der Waals surface area contributed by atoms with Crippen LogP contribution in [0, 0.1) is 24.2 Å². The second kappa shape index (κ2) is 28.1. The number of β-amino-alcohol motifs (C(OH)–C–C–N with tert-alkyl or cyclic N) is 1. The molecule has 0 saturated carbocycles. The van der Waals surface area contributed by atoms with Crippen molar-refractivity contribution in [2.75, 3.05) is 25.4 Å². The normalized spacial score (nSPS) is 15.1. The number of likely N-dealkylation sites (tertiary alicyclic amines) is 1. The number of aliphatic hydroxyl groups excluding tert-OH is 1. The van der Waals surface area contributed by atoms with Crippen LogP contribution in [-0.4, -0.2) is 112 Å².